The van der Waals surface area contributed by atoms with Gasteiger partial charge in [-0.1, -0.05) is 11.3 Å². The van der Waals surface area contributed by atoms with Crippen molar-refractivity contribution in [2.75, 3.05) is 47.9 Å². The maximum atomic E-state index is 11.4. The van der Waals surface area contributed by atoms with Crippen molar-refractivity contribution in [1.29, 1.82) is 0 Å². The third-order valence-electron chi connectivity index (χ3n) is 6.81. The highest BCUT2D eigenvalue weighted by atomic mass is 32.1. The minimum Gasteiger partial charge on any atom is -0.477 e. The topological polar surface area (TPSA) is 189 Å². The number of carboxylic acids is 1. The zero-order valence-electron chi connectivity index (χ0n) is 19.8. The van der Waals surface area contributed by atoms with Crippen LogP contribution in [0.3, 0.4) is 0 Å². The van der Waals surface area contributed by atoms with E-state index in [4.69, 9.17) is 9.97 Å². The van der Waals surface area contributed by atoms with Crippen LogP contribution >= 0.6 is 11.3 Å². The van der Waals surface area contributed by atoms with Crippen LogP contribution in [0.4, 0.5) is 22.7 Å². The molecule has 15 heteroatoms. The molecule has 5 heterocycles. The highest BCUT2D eigenvalue weighted by Gasteiger charge is 2.38. The first-order valence-electron chi connectivity index (χ1n) is 11.8. The number of hydrogen-bond donors (Lipinski definition) is 5. The van der Waals surface area contributed by atoms with Crippen LogP contribution in [-0.2, 0) is 5.60 Å². The van der Waals surface area contributed by atoms with Gasteiger partial charge in [-0.25, -0.2) is 14.9 Å². The number of H-pyrrole nitrogens is 1. The van der Waals surface area contributed by atoms with Gasteiger partial charge in [0.2, 0.25) is 5.95 Å². The highest BCUT2D eigenvalue weighted by molar-refractivity contribution is 7.17. The largest absolute Gasteiger partial charge is 0.477 e. The van der Waals surface area contributed by atoms with Crippen LogP contribution in [0.2, 0.25) is 0 Å². The quantitative estimate of drug-likeness (QED) is 0.298. The molecule has 0 radical (unpaired) electrons. The van der Waals surface area contributed by atoms with E-state index in [0.29, 0.717) is 60.3 Å². The third-order valence-corrected chi connectivity index (χ3v) is 7.87. The van der Waals surface area contributed by atoms with Crippen molar-refractivity contribution in [2.45, 2.75) is 38.2 Å². The second-order valence-electron chi connectivity index (χ2n) is 9.15. The molecule has 5 rings (SSSR count). The van der Waals surface area contributed by atoms with Crippen LogP contribution in [0.1, 0.15) is 46.9 Å². The van der Waals surface area contributed by atoms with Gasteiger partial charge in [0.25, 0.3) is 0 Å². The number of carbonyl (C=O) groups is 1. The summed E-state index contributed by atoms with van der Waals surface area (Å²) >= 11 is 1.03. The summed E-state index contributed by atoms with van der Waals surface area (Å²) in [6.45, 7) is 4.41. The van der Waals surface area contributed by atoms with Crippen LogP contribution < -0.4 is 15.1 Å². The molecular formula is C21H28N10O4S. The summed E-state index contributed by atoms with van der Waals surface area (Å²) in [5, 5.41) is 47.1. The molecule has 0 atom stereocenters. The van der Waals surface area contributed by atoms with Crippen molar-refractivity contribution in [3.63, 3.8) is 0 Å². The van der Waals surface area contributed by atoms with Gasteiger partial charge in [-0.3, -0.25) is 5.32 Å². The number of rotatable bonds is 7. The number of aryl methyl sites for hydroxylation is 1. The van der Waals surface area contributed by atoms with Gasteiger partial charge in [-0.2, -0.15) is 9.97 Å². The van der Waals surface area contributed by atoms with E-state index in [1.54, 1.807) is 6.92 Å². The number of aliphatic hydroxyl groups excluding tert-OH is 1. The standard InChI is InChI=1S/C21H28N10O4S/c1-12-16(17(33)34)36-20(22-12)25-19-23-14(30-6-2-13(11-32)3-7-30)10-15(24-19)31-8-4-21(35,5-9-31)18-26-28-29-27-18/h10,13,32,35H,2-9,11H2,1H3,(H,33,34)(H,22,23,24,25)(H,26,27,28,29). The number of tetrazole rings is 1. The Morgan fingerprint density at radius 3 is 2.39 bits per heavy atom. The van der Waals surface area contributed by atoms with Gasteiger partial charge >= 0.3 is 5.97 Å². The average molecular weight is 517 g/mol. The maximum Gasteiger partial charge on any atom is 0.347 e. The number of thiazole rings is 1. The van der Waals surface area contributed by atoms with Crippen LogP contribution in [0.5, 0.6) is 0 Å². The fraction of sp³-hybridized carbons (Fsp3) is 0.571. The van der Waals surface area contributed by atoms with Gasteiger partial charge in [-0.15, -0.1) is 5.10 Å². The number of aromatic amines is 1. The number of aromatic nitrogens is 7. The van der Waals surface area contributed by atoms with Crippen molar-refractivity contribution >= 4 is 40.0 Å². The first kappa shape index (κ1) is 24.3. The summed E-state index contributed by atoms with van der Waals surface area (Å²) in [4.78, 5) is 29.6. The Hall–Kier alpha value is -3.43. The van der Waals surface area contributed by atoms with Crippen molar-refractivity contribution in [2.24, 2.45) is 5.92 Å². The predicted octanol–water partition coefficient (Wildman–Crippen LogP) is 0.893. The highest BCUT2D eigenvalue weighted by Crippen LogP contribution is 2.34. The molecule has 0 unspecified atom stereocenters. The molecular weight excluding hydrogens is 488 g/mol. The molecule has 2 saturated heterocycles. The second-order valence-corrected chi connectivity index (χ2v) is 10.2. The SMILES string of the molecule is Cc1nc(Nc2nc(N3CCC(CO)CC3)cc(N3CCC(O)(c4nnn[nH]4)CC3)n2)sc1C(=O)O. The lowest BCUT2D eigenvalue weighted by Gasteiger charge is -2.37. The first-order valence-corrected chi connectivity index (χ1v) is 12.6. The van der Waals surface area contributed by atoms with Crippen molar-refractivity contribution < 1.29 is 20.1 Å². The Morgan fingerprint density at radius 2 is 1.83 bits per heavy atom. The normalized spacial score (nSPS) is 18.4. The Balaban J connectivity index is 1.40. The molecule has 5 N–H and O–H groups in total. The molecule has 36 heavy (non-hydrogen) atoms. The van der Waals surface area contributed by atoms with Crippen LogP contribution in [0.15, 0.2) is 6.07 Å². The Kier molecular flexibility index (Phi) is 6.68. The lowest BCUT2D eigenvalue weighted by atomic mass is 9.91. The number of aromatic carboxylic acids is 1. The number of anilines is 4. The minimum absolute atomic E-state index is 0.164. The number of nitrogens with zero attached hydrogens (tertiary/aromatic N) is 8. The van der Waals surface area contributed by atoms with Gasteiger partial charge in [0, 0.05) is 51.7 Å². The summed E-state index contributed by atoms with van der Waals surface area (Å²) in [5.41, 5.74) is -0.705. The van der Waals surface area contributed by atoms with E-state index in [0.717, 1.165) is 43.1 Å². The molecule has 0 bridgehead atoms. The molecule has 2 aliphatic rings. The summed E-state index contributed by atoms with van der Waals surface area (Å²) < 4.78 is 0. The molecule has 3 aromatic rings. The Bertz CT molecular complexity index is 1200. The van der Waals surface area contributed by atoms with E-state index in [1.165, 1.54) is 0 Å². The molecule has 0 aromatic carbocycles. The molecule has 14 nitrogen and oxygen atoms in total. The number of hydrogen-bond acceptors (Lipinski definition) is 13. The monoisotopic (exact) mass is 516 g/mol. The molecule has 0 spiro atoms. The Labute approximate surface area is 210 Å². The van der Waals surface area contributed by atoms with E-state index in [9.17, 15) is 20.1 Å². The zero-order chi connectivity index (χ0) is 25.3. The van der Waals surface area contributed by atoms with Crippen LogP contribution in [0, 0.1) is 12.8 Å². The number of nitrogens with one attached hydrogen (secondary N) is 2. The number of carboxylic acid groups (broad SMARTS) is 1. The summed E-state index contributed by atoms with van der Waals surface area (Å²) in [6.07, 6.45) is 2.57. The molecule has 0 amide bonds. The molecule has 2 aliphatic heterocycles. The molecule has 192 valence electrons. The lowest BCUT2D eigenvalue weighted by molar-refractivity contribution is 0.00307. The summed E-state index contributed by atoms with van der Waals surface area (Å²) in [5.74, 6) is 1.37. The summed E-state index contributed by atoms with van der Waals surface area (Å²) in [6, 6.07) is 1.93. The average Bonchev–Trinajstić information content (AvgIpc) is 3.55. The van der Waals surface area contributed by atoms with E-state index < -0.39 is 11.6 Å². The maximum absolute atomic E-state index is 11.4. The third kappa shape index (κ3) is 4.94. The lowest BCUT2D eigenvalue weighted by Crippen LogP contribution is -2.44. The number of piperidine rings is 2. The Morgan fingerprint density at radius 1 is 1.17 bits per heavy atom. The van der Waals surface area contributed by atoms with Crippen molar-refractivity contribution in [3.05, 3.63) is 22.5 Å². The van der Waals surface area contributed by atoms with Gasteiger partial charge in [0.1, 0.15) is 22.1 Å². The molecule has 0 aliphatic carbocycles. The van der Waals surface area contributed by atoms with Gasteiger partial charge in [0.05, 0.1) is 5.69 Å². The van der Waals surface area contributed by atoms with E-state index in [1.807, 2.05) is 6.07 Å². The zero-order valence-corrected chi connectivity index (χ0v) is 20.6. The van der Waals surface area contributed by atoms with E-state index in [-0.39, 0.29) is 11.5 Å². The van der Waals surface area contributed by atoms with Crippen molar-refractivity contribution in [3.8, 4) is 0 Å². The van der Waals surface area contributed by atoms with Gasteiger partial charge in [-0.05, 0) is 36.1 Å². The van der Waals surface area contributed by atoms with Gasteiger partial charge < -0.3 is 25.1 Å². The smallest absolute Gasteiger partial charge is 0.347 e. The molecule has 3 aromatic heterocycles. The molecule has 2 fully saturated rings. The predicted molar refractivity (Wildman–Crippen MR) is 131 cm³/mol. The molecule has 0 saturated carbocycles. The van der Waals surface area contributed by atoms with Gasteiger partial charge in [0.15, 0.2) is 11.0 Å². The van der Waals surface area contributed by atoms with E-state index in [2.05, 4.69) is 40.7 Å². The first-order chi connectivity index (χ1) is 17.3. The minimum atomic E-state index is -1.13. The van der Waals surface area contributed by atoms with Crippen LogP contribution in [-0.4, -0.2) is 89.7 Å². The second kappa shape index (κ2) is 9.91. The van der Waals surface area contributed by atoms with Crippen LogP contribution in [0.25, 0.3) is 0 Å². The van der Waals surface area contributed by atoms with E-state index >= 15 is 0 Å². The number of aliphatic hydroxyl groups is 2. The fourth-order valence-corrected chi connectivity index (χ4v) is 5.39. The summed E-state index contributed by atoms with van der Waals surface area (Å²) in [7, 11) is 0. The van der Waals surface area contributed by atoms with Crippen molar-refractivity contribution in [1.82, 2.24) is 35.6 Å². The fourth-order valence-electron chi connectivity index (χ4n) is 4.59.